The summed E-state index contributed by atoms with van der Waals surface area (Å²) < 4.78 is 10.8. The van der Waals surface area contributed by atoms with Crippen molar-refractivity contribution in [2.24, 2.45) is 16.6 Å². The molecule has 2 aliphatic carbocycles. The number of esters is 2. The molecule has 4 N–H and O–H groups in total. The number of ether oxygens (including phenoxy) is 2. The highest BCUT2D eigenvalue weighted by Crippen LogP contribution is 2.49. The molecule has 0 radical (unpaired) electrons. The summed E-state index contributed by atoms with van der Waals surface area (Å²) in [7, 11) is 0. The molecule has 0 aromatic rings. The molecule has 7 atom stereocenters. The summed E-state index contributed by atoms with van der Waals surface area (Å²) in [6, 6.07) is -0.189. The fraction of sp³-hybridized carbons (Fsp3) is 0.673. The number of cyclic esters (lactones) is 1. The fourth-order valence-electron chi connectivity index (χ4n) is 7.80. The normalized spacial score (nSPS) is 26.9. The van der Waals surface area contributed by atoms with Gasteiger partial charge in [0.1, 0.15) is 12.2 Å². The summed E-state index contributed by atoms with van der Waals surface area (Å²) >= 11 is 0. The van der Waals surface area contributed by atoms with Crippen molar-refractivity contribution in [3.63, 3.8) is 0 Å². The minimum Gasteiger partial charge on any atom is -0.458 e. The minimum absolute atomic E-state index is 0. The Morgan fingerprint density at radius 2 is 1.42 bits per heavy atom. The van der Waals surface area contributed by atoms with Crippen LogP contribution in [-0.2, 0) is 28.7 Å². The molecule has 3 unspecified atom stereocenters. The summed E-state index contributed by atoms with van der Waals surface area (Å²) in [5, 5.41) is 20.8. The van der Waals surface area contributed by atoms with Crippen molar-refractivity contribution < 1.29 is 38.9 Å². The zero-order valence-corrected chi connectivity index (χ0v) is 35.8. The van der Waals surface area contributed by atoms with Gasteiger partial charge in [0.25, 0.3) is 0 Å². The van der Waals surface area contributed by atoms with Crippen molar-refractivity contribution in [2.75, 3.05) is 13.1 Å². The van der Waals surface area contributed by atoms with Gasteiger partial charge in [-0.2, -0.15) is 0 Å². The average Bonchev–Trinajstić information content (AvgIpc) is 3.55. The van der Waals surface area contributed by atoms with Crippen LogP contribution < -0.4 is 5.73 Å². The molecule has 338 valence electrons. The van der Waals surface area contributed by atoms with Crippen molar-refractivity contribution in [2.45, 2.75) is 192 Å². The van der Waals surface area contributed by atoms with E-state index in [1.807, 2.05) is 17.9 Å². The number of amides is 1. The number of rotatable bonds is 14. The maximum absolute atomic E-state index is 13.0. The van der Waals surface area contributed by atoms with Gasteiger partial charge in [-0.1, -0.05) is 102 Å². The largest absolute Gasteiger partial charge is 0.458 e. The van der Waals surface area contributed by atoms with Crippen LogP contribution in [0.15, 0.2) is 70.9 Å². The number of carbonyl (C=O) groups excluding carboxylic acids is 4. The zero-order valence-electron chi connectivity index (χ0n) is 35.8. The quantitative estimate of drug-likeness (QED) is 0.115. The van der Waals surface area contributed by atoms with Gasteiger partial charge in [-0.15, -0.1) is 0 Å². The predicted octanol–water partition coefficient (Wildman–Crippen LogP) is 9.84. The Kier molecular flexibility index (Phi) is 27.3. The zero-order chi connectivity index (χ0) is 42.1. The van der Waals surface area contributed by atoms with E-state index in [0.29, 0.717) is 13.0 Å². The third kappa shape index (κ3) is 17.5. The standard InChI is InChI=1S/C24H37NO4.C18H24O4.C4H11N.3CH4/c1-6-7-13-25-21(14-18(4)10-8-9-17(2)3)24(16-23(25)28)15-20(29-19(5)26)11-12-22(24)27;1-12(2)5-4-6-13(3)9-16-18(11-17(21)22-16)10-14(19)7-8-15(18)20;1-2-3-4-5;;;/h9,11-12,14,20-22,27H,6-8,10,13,15-16H2,1-5H3;5,7-9,14,16,19H,4,6,10-11H2,1-3H3;2-5H2,1H3;3*1H4/b18-14+;13-9+;;;;/t20-,21-,22?,24?;14-,16-,18?;;;;/m11..../s1. The van der Waals surface area contributed by atoms with E-state index in [1.165, 1.54) is 48.6 Å². The second-order valence-corrected chi connectivity index (χ2v) is 16.5. The van der Waals surface area contributed by atoms with E-state index in [9.17, 15) is 29.4 Å². The van der Waals surface area contributed by atoms with Crippen LogP contribution in [-0.4, -0.2) is 82.3 Å². The number of carbonyl (C=O) groups is 4. The van der Waals surface area contributed by atoms with Crippen LogP contribution in [0.1, 0.15) is 162 Å². The lowest BCUT2D eigenvalue weighted by Crippen LogP contribution is -2.49. The number of aliphatic hydroxyl groups is 2. The molecule has 2 aliphatic heterocycles. The molecule has 2 spiro atoms. The highest BCUT2D eigenvalue weighted by Gasteiger charge is 2.56. The first-order valence-electron chi connectivity index (χ1n) is 20.7. The van der Waals surface area contributed by atoms with Crippen LogP contribution in [0.3, 0.4) is 0 Å². The third-order valence-electron chi connectivity index (χ3n) is 10.9. The van der Waals surface area contributed by atoms with E-state index < -0.39 is 35.2 Å². The molecule has 10 nitrogen and oxygen atoms in total. The molecule has 2 fully saturated rings. The molecule has 1 amide bonds. The molecule has 0 aromatic heterocycles. The first-order chi connectivity index (χ1) is 26.4. The number of likely N-dealkylation sites (tertiary alicyclic amines) is 1. The van der Waals surface area contributed by atoms with E-state index >= 15 is 0 Å². The topological polar surface area (TPSA) is 156 Å². The number of aliphatic hydroxyl groups excluding tert-OH is 2. The van der Waals surface area contributed by atoms with Gasteiger partial charge in [0.2, 0.25) is 5.91 Å². The van der Waals surface area contributed by atoms with Gasteiger partial charge in [-0.25, -0.2) is 0 Å². The van der Waals surface area contributed by atoms with Crippen molar-refractivity contribution in [1.82, 2.24) is 4.90 Å². The lowest BCUT2D eigenvalue weighted by Gasteiger charge is -2.42. The van der Waals surface area contributed by atoms with Gasteiger partial charge in [0.05, 0.1) is 30.1 Å². The van der Waals surface area contributed by atoms with Gasteiger partial charge in [-0.05, 0) is 118 Å². The van der Waals surface area contributed by atoms with E-state index in [0.717, 1.165) is 50.6 Å². The Hall–Kier alpha value is -3.60. The SMILES string of the molecule is C.C.C.CC(C)=CCC/C(C)=C/[C@H]1OC(=O)CC12C[C@H](O)C=CC2=O.CCCCN.CCCCN1C(=O)CC2(C[C@H](OC(C)=O)C=CC2O)[C@H]1/C=C(\C)CCC=C(C)C. The minimum atomic E-state index is -0.928. The molecule has 0 aromatic carbocycles. The van der Waals surface area contributed by atoms with Gasteiger partial charge >= 0.3 is 11.9 Å². The number of nitrogens with zero attached hydrogens (tertiary/aromatic N) is 1. The van der Waals surface area contributed by atoms with Crippen molar-refractivity contribution in [3.05, 3.63) is 70.9 Å². The van der Waals surface area contributed by atoms with Gasteiger partial charge in [-0.3, -0.25) is 19.2 Å². The number of hydrogen-bond acceptors (Lipinski definition) is 9. The van der Waals surface area contributed by atoms with Crippen LogP contribution in [0.2, 0.25) is 0 Å². The number of allylic oxidation sites excluding steroid dienone is 7. The average molecular weight is 829 g/mol. The Balaban J connectivity index is 0. The summed E-state index contributed by atoms with van der Waals surface area (Å²) in [5.41, 5.74) is 8.43. The summed E-state index contributed by atoms with van der Waals surface area (Å²) in [5.74, 6) is -0.757. The lowest BCUT2D eigenvalue weighted by molar-refractivity contribution is -0.147. The van der Waals surface area contributed by atoms with Gasteiger partial charge < -0.3 is 30.3 Å². The predicted molar refractivity (Wildman–Crippen MR) is 243 cm³/mol. The summed E-state index contributed by atoms with van der Waals surface area (Å²) in [6.45, 7) is 19.6. The van der Waals surface area contributed by atoms with E-state index in [2.05, 4.69) is 66.7 Å². The molecular formula is C49H84N2O8. The fourth-order valence-corrected chi connectivity index (χ4v) is 7.80. The van der Waals surface area contributed by atoms with E-state index in [-0.39, 0.29) is 71.2 Å². The number of ketones is 1. The highest BCUT2D eigenvalue weighted by molar-refractivity contribution is 6.00. The molecule has 2 saturated heterocycles. The Labute approximate surface area is 359 Å². The van der Waals surface area contributed by atoms with Crippen molar-refractivity contribution >= 4 is 23.6 Å². The van der Waals surface area contributed by atoms with Crippen molar-refractivity contribution in [1.29, 1.82) is 0 Å². The van der Waals surface area contributed by atoms with Crippen LogP contribution in [0, 0.1) is 10.8 Å². The van der Waals surface area contributed by atoms with Crippen LogP contribution in [0.25, 0.3) is 0 Å². The monoisotopic (exact) mass is 829 g/mol. The molecule has 0 saturated carbocycles. The van der Waals surface area contributed by atoms with E-state index in [4.69, 9.17) is 15.2 Å². The summed E-state index contributed by atoms with van der Waals surface area (Å²) in [6.07, 6.45) is 21.4. The second-order valence-electron chi connectivity index (χ2n) is 16.5. The first kappa shape index (κ1) is 57.5. The molecule has 59 heavy (non-hydrogen) atoms. The number of unbranched alkanes of at least 4 members (excludes halogenated alkanes) is 2. The Morgan fingerprint density at radius 3 is 1.93 bits per heavy atom. The Morgan fingerprint density at radius 1 is 0.847 bits per heavy atom. The smallest absolute Gasteiger partial charge is 0.307 e. The maximum Gasteiger partial charge on any atom is 0.307 e. The molecule has 10 heteroatoms. The van der Waals surface area contributed by atoms with Crippen molar-refractivity contribution in [3.8, 4) is 0 Å². The maximum atomic E-state index is 13.0. The van der Waals surface area contributed by atoms with Gasteiger partial charge in [0.15, 0.2) is 5.78 Å². The summed E-state index contributed by atoms with van der Waals surface area (Å²) in [4.78, 5) is 50.5. The molecular weight excluding hydrogens is 745 g/mol. The lowest BCUT2D eigenvalue weighted by atomic mass is 9.68. The first-order valence-corrected chi connectivity index (χ1v) is 20.7. The van der Waals surface area contributed by atoms with Crippen LogP contribution >= 0.6 is 0 Å². The number of nitrogens with two attached hydrogens (primary N) is 1. The molecule has 4 rings (SSSR count). The van der Waals surface area contributed by atoms with Crippen LogP contribution in [0.4, 0.5) is 0 Å². The molecule has 4 aliphatic rings. The Bertz CT molecular complexity index is 1510. The van der Waals surface area contributed by atoms with Gasteiger partial charge in [0, 0.05) is 25.3 Å². The van der Waals surface area contributed by atoms with Crippen LogP contribution in [0.5, 0.6) is 0 Å². The third-order valence-corrected chi connectivity index (χ3v) is 10.9. The highest BCUT2D eigenvalue weighted by atomic mass is 16.6. The number of hydrogen-bond donors (Lipinski definition) is 3. The van der Waals surface area contributed by atoms with E-state index in [1.54, 1.807) is 12.2 Å². The second kappa shape index (κ2) is 28.0. The molecule has 0 bridgehead atoms. The molecule has 2 heterocycles.